The van der Waals surface area contributed by atoms with Crippen LogP contribution in [0.25, 0.3) is 11.3 Å². The van der Waals surface area contributed by atoms with E-state index in [1.807, 2.05) is 32.0 Å². The summed E-state index contributed by atoms with van der Waals surface area (Å²) in [7, 11) is -0.939. The molecule has 0 unspecified atom stereocenters. The van der Waals surface area contributed by atoms with Crippen LogP contribution in [0, 0.1) is 13.8 Å². The minimum absolute atomic E-state index is 0.199. The topological polar surface area (TPSA) is 63.7 Å². The summed E-state index contributed by atoms with van der Waals surface area (Å²) in [5.41, 5.74) is 3.60. The zero-order valence-corrected chi connectivity index (χ0v) is 15.3. The highest BCUT2D eigenvalue weighted by molar-refractivity contribution is 7.90. The van der Waals surface area contributed by atoms with Crippen LogP contribution in [0.4, 0.5) is 0 Å². The second-order valence-electron chi connectivity index (χ2n) is 6.06. The predicted octanol–water partition coefficient (Wildman–Crippen LogP) is 2.98. The summed E-state index contributed by atoms with van der Waals surface area (Å²) in [4.78, 5) is 12.8. The molecule has 6 heteroatoms. The Morgan fingerprint density at radius 2 is 1.72 bits per heavy atom. The Hall–Kier alpha value is -2.60. The molecule has 0 amide bonds. The Balaban J connectivity index is 2.43. The average molecular weight is 357 g/mol. The van der Waals surface area contributed by atoms with Crippen LogP contribution in [0.5, 0.6) is 0 Å². The maximum atomic E-state index is 12.8. The number of fused-ring (bicyclic) bond motifs is 1. The van der Waals surface area contributed by atoms with Crippen molar-refractivity contribution in [3.05, 3.63) is 64.7 Å². The van der Waals surface area contributed by atoms with Crippen LogP contribution in [0.2, 0.25) is 0 Å². The first-order valence-electron chi connectivity index (χ1n) is 7.77. The molecule has 0 atom stereocenters. The fourth-order valence-corrected chi connectivity index (χ4v) is 4.44. The Morgan fingerprint density at radius 3 is 2.36 bits per heavy atom. The number of carbonyl (C=O) groups excluding carboxylic acids is 1. The first kappa shape index (κ1) is 17.2. The number of hydrogen-bond donors (Lipinski definition) is 0. The van der Waals surface area contributed by atoms with Crippen molar-refractivity contribution in [2.75, 3.05) is 14.2 Å². The number of carbonyl (C=O) groups is 1. The van der Waals surface area contributed by atoms with Gasteiger partial charge in [0.1, 0.15) is 0 Å². The van der Waals surface area contributed by atoms with Gasteiger partial charge in [-0.3, -0.25) is 4.31 Å². The van der Waals surface area contributed by atoms with Crippen molar-refractivity contribution in [1.82, 2.24) is 4.31 Å². The van der Waals surface area contributed by atoms with Crippen LogP contribution >= 0.6 is 0 Å². The molecule has 0 fully saturated rings. The molecule has 5 nitrogen and oxygen atoms in total. The van der Waals surface area contributed by atoms with Crippen LogP contribution in [-0.2, 0) is 19.6 Å². The van der Waals surface area contributed by atoms with Gasteiger partial charge in [0.15, 0.2) is 0 Å². The summed E-state index contributed by atoms with van der Waals surface area (Å²) >= 11 is 0. The molecule has 1 heterocycles. The van der Waals surface area contributed by atoms with Gasteiger partial charge in [0.25, 0.3) is 10.0 Å². The minimum Gasteiger partial charge on any atom is -0.465 e. The molecule has 0 aromatic heterocycles. The molecular formula is C19H19NO4S. The molecular weight excluding hydrogens is 338 g/mol. The molecule has 0 bridgehead atoms. The number of ether oxygens (including phenoxy) is 1. The van der Waals surface area contributed by atoms with E-state index in [4.69, 9.17) is 4.74 Å². The average Bonchev–Trinajstić information content (AvgIpc) is 2.75. The molecule has 0 aliphatic carbocycles. The standard InChI is InChI=1S/C19H19NO4S/c1-12-6-5-7-14(10-12)17(19(21)24-4)18-15-11-13(2)8-9-16(15)25(22,23)20(18)3/h5-11H,1-4H3/b18-17+. The van der Waals surface area contributed by atoms with E-state index < -0.39 is 16.0 Å². The van der Waals surface area contributed by atoms with Gasteiger partial charge in [-0.2, -0.15) is 0 Å². The number of aryl methyl sites for hydroxylation is 2. The normalized spacial score (nSPS) is 17.2. The predicted molar refractivity (Wildman–Crippen MR) is 96.1 cm³/mol. The summed E-state index contributed by atoms with van der Waals surface area (Å²) in [6.45, 7) is 3.80. The van der Waals surface area contributed by atoms with Crippen molar-refractivity contribution in [2.45, 2.75) is 18.7 Å². The van der Waals surface area contributed by atoms with Gasteiger partial charge >= 0.3 is 5.97 Å². The zero-order valence-electron chi connectivity index (χ0n) is 14.5. The third kappa shape index (κ3) is 2.72. The van der Waals surface area contributed by atoms with Crippen LogP contribution in [-0.4, -0.2) is 32.8 Å². The van der Waals surface area contributed by atoms with Gasteiger partial charge in [-0.25, -0.2) is 13.2 Å². The van der Waals surface area contributed by atoms with E-state index in [0.717, 1.165) is 15.4 Å². The second-order valence-corrected chi connectivity index (χ2v) is 7.99. The lowest BCUT2D eigenvalue weighted by Gasteiger charge is -2.17. The summed E-state index contributed by atoms with van der Waals surface area (Å²) in [6.07, 6.45) is 0. The molecule has 130 valence electrons. The first-order valence-corrected chi connectivity index (χ1v) is 9.21. The third-order valence-corrected chi connectivity index (χ3v) is 6.09. The van der Waals surface area contributed by atoms with Crippen molar-refractivity contribution in [3.8, 4) is 0 Å². The largest absolute Gasteiger partial charge is 0.465 e. The van der Waals surface area contributed by atoms with Gasteiger partial charge in [0, 0.05) is 12.6 Å². The molecule has 0 spiro atoms. The number of esters is 1. The number of hydrogen-bond acceptors (Lipinski definition) is 4. The van der Waals surface area contributed by atoms with Crippen molar-refractivity contribution in [3.63, 3.8) is 0 Å². The van der Waals surface area contributed by atoms with E-state index in [1.54, 1.807) is 24.3 Å². The van der Waals surface area contributed by atoms with Crippen molar-refractivity contribution in [2.24, 2.45) is 0 Å². The fraction of sp³-hybridized carbons (Fsp3) is 0.211. The van der Waals surface area contributed by atoms with Gasteiger partial charge in [-0.1, -0.05) is 41.5 Å². The Kier molecular flexibility index (Phi) is 4.16. The number of sulfonamides is 1. The SMILES string of the molecule is COC(=O)/C(=C1\c2cc(C)ccc2S(=O)(=O)N1C)c1cccc(C)c1. The van der Waals surface area contributed by atoms with Gasteiger partial charge in [-0.05, 0) is 31.5 Å². The maximum Gasteiger partial charge on any atom is 0.340 e. The van der Waals surface area contributed by atoms with E-state index in [0.29, 0.717) is 16.8 Å². The summed E-state index contributed by atoms with van der Waals surface area (Å²) in [5, 5.41) is 0. The molecule has 2 aromatic rings. The van der Waals surface area contributed by atoms with Crippen LogP contribution in [0.1, 0.15) is 22.3 Å². The molecule has 25 heavy (non-hydrogen) atoms. The van der Waals surface area contributed by atoms with Crippen LogP contribution < -0.4 is 0 Å². The lowest BCUT2D eigenvalue weighted by atomic mass is 9.97. The number of benzene rings is 2. The molecule has 3 rings (SSSR count). The first-order chi connectivity index (χ1) is 11.8. The maximum absolute atomic E-state index is 12.8. The highest BCUT2D eigenvalue weighted by Gasteiger charge is 2.39. The van der Waals surface area contributed by atoms with Gasteiger partial charge in [0.2, 0.25) is 0 Å². The second kappa shape index (κ2) is 6.04. The van der Waals surface area contributed by atoms with Crippen molar-refractivity contribution < 1.29 is 17.9 Å². The monoisotopic (exact) mass is 357 g/mol. The third-order valence-electron chi connectivity index (χ3n) is 4.28. The van der Waals surface area contributed by atoms with E-state index in [9.17, 15) is 13.2 Å². The lowest BCUT2D eigenvalue weighted by Crippen LogP contribution is -2.21. The number of rotatable bonds is 2. The Bertz CT molecular complexity index is 1010. The van der Waals surface area contributed by atoms with E-state index in [-0.39, 0.29) is 10.5 Å². The summed E-state index contributed by atoms with van der Waals surface area (Å²) < 4.78 is 31.6. The molecule has 1 aliphatic heterocycles. The molecule has 1 aliphatic rings. The molecule has 0 saturated carbocycles. The highest BCUT2D eigenvalue weighted by Crippen LogP contribution is 2.42. The smallest absolute Gasteiger partial charge is 0.340 e. The minimum atomic E-state index is -3.69. The van der Waals surface area contributed by atoms with E-state index in [1.165, 1.54) is 14.2 Å². The van der Waals surface area contributed by atoms with E-state index in [2.05, 4.69) is 0 Å². The molecule has 0 N–H and O–H groups in total. The van der Waals surface area contributed by atoms with Gasteiger partial charge < -0.3 is 4.74 Å². The molecule has 2 aromatic carbocycles. The number of nitrogens with zero attached hydrogens (tertiary/aromatic N) is 1. The van der Waals surface area contributed by atoms with E-state index >= 15 is 0 Å². The lowest BCUT2D eigenvalue weighted by molar-refractivity contribution is -0.133. The van der Waals surface area contributed by atoms with Crippen LogP contribution in [0.3, 0.4) is 0 Å². The van der Waals surface area contributed by atoms with Gasteiger partial charge in [-0.15, -0.1) is 0 Å². The summed E-state index contributed by atoms with van der Waals surface area (Å²) in [5.74, 6) is -0.572. The summed E-state index contributed by atoms with van der Waals surface area (Å²) in [6, 6.07) is 12.5. The van der Waals surface area contributed by atoms with Crippen molar-refractivity contribution in [1.29, 1.82) is 0 Å². The molecule has 0 saturated heterocycles. The van der Waals surface area contributed by atoms with Crippen molar-refractivity contribution >= 4 is 27.3 Å². The van der Waals surface area contributed by atoms with Crippen LogP contribution in [0.15, 0.2) is 47.4 Å². The van der Waals surface area contributed by atoms with Gasteiger partial charge in [0.05, 0.1) is 23.3 Å². The molecule has 0 radical (unpaired) electrons. The quantitative estimate of drug-likeness (QED) is 0.612. The fourth-order valence-electron chi connectivity index (χ4n) is 3.04. The zero-order chi connectivity index (χ0) is 18.4. The Labute approximate surface area is 147 Å². The Morgan fingerprint density at radius 1 is 1.04 bits per heavy atom. The number of methoxy groups -OCH3 is 1. The highest BCUT2D eigenvalue weighted by atomic mass is 32.2.